The average molecular weight is 248 g/mol. The number of sulfonamides is 1. The Morgan fingerprint density at radius 2 is 2.00 bits per heavy atom. The first-order valence-electron chi connectivity index (χ1n) is 5.39. The summed E-state index contributed by atoms with van der Waals surface area (Å²) < 4.78 is 25.8. The highest BCUT2D eigenvalue weighted by atomic mass is 32.2. The molecular formula is C10H20N2O3S. The summed E-state index contributed by atoms with van der Waals surface area (Å²) in [5.74, 6) is 0.280. The lowest BCUT2D eigenvalue weighted by Gasteiger charge is -2.19. The van der Waals surface area contributed by atoms with Crippen LogP contribution in [0.1, 0.15) is 33.6 Å². The number of nitriles is 1. The average Bonchev–Trinajstić information content (AvgIpc) is 2.16. The molecule has 0 aliphatic heterocycles. The molecule has 0 radical (unpaired) electrons. The second kappa shape index (κ2) is 6.84. The quantitative estimate of drug-likeness (QED) is 0.691. The maximum atomic E-state index is 11.7. The first kappa shape index (κ1) is 15.4. The summed E-state index contributed by atoms with van der Waals surface area (Å²) in [5.41, 5.74) is 0. The van der Waals surface area contributed by atoms with E-state index in [2.05, 4.69) is 4.72 Å². The van der Waals surface area contributed by atoms with Crippen LogP contribution in [0.3, 0.4) is 0 Å². The van der Waals surface area contributed by atoms with Gasteiger partial charge in [-0.3, -0.25) is 0 Å². The van der Waals surface area contributed by atoms with Crippen molar-refractivity contribution in [3.05, 3.63) is 0 Å². The SMILES string of the molecule is CCC(C#N)S(=O)(=O)NC(CO)CC(C)C. The van der Waals surface area contributed by atoms with Crippen molar-refractivity contribution in [1.29, 1.82) is 5.26 Å². The van der Waals surface area contributed by atoms with Crippen LogP contribution in [-0.2, 0) is 10.0 Å². The van der Waals surface area contributed by atoms with Crippen molar-refractivity contribution >= 4 is 10.0 Å². The molecule has 0 aromatic rings. The highest BCUT2D eigenvalue weighted by Gasteiger charge is 2.26. The minimum Gasteiger partial charge on any atom is -0.395 e. The van der Waals surface area contributed by atoms with E-state index < -0.39 is 21.3 Å². The van der Waals surface area contributed by atoms with Crippen LogP contribution in [0.4, 0.5) is 0 Å². The van der Waals surface area contributed by atoms with Crippen molar-refractivity contribution in [2.75, 3.05) is 6.61 Å². The Morgan fingerprint density at radius 3 is 2.31 bits per heavy atom. The minimum absolute atomic E-state index is 0.242. The predicted molar refractivity (Wildman–Crippen MR) is 62.1 cm³/mol. The molecule has 2 unspecified atom stereocenters. The molecule has 0 aromatic carbocycles. The Bertz CT molecular complexity index is 332. The van der Waals surface area contributed by atoms with E-state index in [9.17, 15) is 8.42 Å². The molecule has 2 N–H and O–H groups in total. The van der Waals surface area contributed by atoms with Crippen LogP contribution >= 0.6 is 0 Å². The zero-order chi connectivity index (χ0) is 12.8. The Labute approximate surface area is 97.5 Å². The molecule has 5 nitrogen and oxygen atoms in total. The molecule has 16 heavy (non-hydrogen) atoms. The van der Waals surface area contributed by atoms with Gasteiger partial charge in [-0.25, -0.2) is 13.1 Å². The zero-order valence-corrected chi connectivity index (χ0v) is 10.8. The first-order valence-corrected chi connectivity index (χ1v) is 6.93. The monoisotopic (exact) mass is 248 g/mol. The molecule has 0 spiro atoms. The van der Waals surface area contributed by atoms with Crippen LogP contribution in [0.25, 0.3) is 0 Å². The van der Waals surface area contributed by atoms with Crippen LogP contribution in [0.2, 0.25) is 0 Å². The minimum atomic E-state index is -3.65. The summed E-state index contributed by atoms with van der Waals surface area (Å²) in [6.07, 6.45) is 0.795. The van der Waals surface area contributed by atoms with Gasteiger partial charge in [0.25, 0.3) is 0 Å². The summed E-state index contributed by atoms with van der Waals surface area (Å²) in [5, 5.41) is 16.7. The lowest BCUT2D eigenvalue weighted by molar-refractivity contribution is 0.239. The summed E-state index contributed by atoms with van der Waals surface area (Å²) >= 11 is 0. The standard InChI is InChI=1S/C10H20N2O3S/c1-4-10(6-11)16(14,15)12-9(7-13)5-8(2)3/h8-10,12-13H,4-5,7H2,1-3H3. The number of aliphatic hydroxyl groups excluding tert-OH is 1. The molecule has 0 saturated heterocycles. The largest absolute Gasteiger partial charge is 0.395 e. The van der Waals surface area contributed by atoms with Crippen molar-refractivity contribution < 1.29 is 13.5 Å². The summed E-state index contributed by atoms with van der Waals surface area (Å²) in [7, 11) is -3.65. The van der Waals surface area contributed by atoms with Gasteiger partial charge in [0.2, 0.25) is 10.0 Å². The Kier molecular flexibility index (Phi) is 6.56. The summed E-state index contributed by atoms with van der Waals surface area (Å²) in [6, 6.07) is 1.24. The summed E-state index contributed by atoms with van der Waals surface area (Å²) in [6.45, 7) is 5.28. The second-order valence-electron chi connectivity index (χ2n) is 4.20. The number of rotatable bonds is 7. The number of aliphatic hydroxyl groups is 1. The predicted octanol–water partition coefficient (Wildman–Crippen LogP) is 0.615. The fourth-order valence-electron chi connectivity index (χ4n) is 1.42. The van der Waals surface area contributed by atoms with Crippen molar-refractivity contribution in [3.8, 4) is 6.07 Å². The highest BCUT2D eigenvalue weighted by Crippen LogP contribution is 2.09. The molecule has 0 amide bonds. The van der Waals surface area contributed by atoms with E-state index in [1.165, 1.54) is 0 Å². The molecule has 0 saturated carbocycles. The van der Waals surface area contributed by atoms with Crippen molar-refractivity contribution in [3.63, 3.8) is 0 Å². The number of hydrogen-bond acceptors (Lipinski definition) is 4. The van der Waals surface area contributed by atoms with Gasteiger partial charge in [-0.2, -0.15) is 5.26 Å². The molecule has 0 fully saturated rings. The summed E-state index contributed by atoms with van der Waals surface area (Å²) in [4.78, 5) is 0. The number of nitrogens with zero attached hydrogens (tertiary/aromatic N) is 1. The first-order chi connectivity index (χ1) is 7.37. The van der Waals surface area contributed by atoms with Crippen molar-refractivity contribution in [2.24, 2.45) is 5.92 Å². The smallest absolute Gasteiger partial charge is 0.228 e. The highest BCUT2D eigenvalue weighted by molar-refractivity contribution is 7.90. The van der Waals surface area contributed by atoms with Crippen LogP contribution < -0.4 is 4.72 Å². The van der Waals surface area contributed by atoms with Crippen molar-refractivity contribution in [1.82, 2.24) is 4.72 Å². The molecule has 6 heteroatoms. The van der Waals surface area contributed by atoms with Crippen LogP contribution in [-0.4, -0.2) is 31.4 Å². The Hall–Kier alpha value is -0.640. The van der Waals surface area contributed by atoms with E-state index in [0.29, 0.717) is 6.42 Å². The van der Waals surface area contributed by atoms with E-state index in [1.54, 1.807) is 13.0 Å². The molecular weight excluding hydrogens is 228 g/mol. The van der Waals surface area contributed by atoms with Crippen LogP contribution in [0, 0.1) is 17.2 Å². The molecule has 0 heterocycles. The third-order valence-corrected chi connectivity index (χ3v) is 4.05. The van der Waals surface area contributed by atoms with Gasteiger partial charge in [0.15, 0.2) is 5.25 Å². The van der Waals surface area contributed by atoms with Gasteiger partial charge in [-0.05, 0) is 18.8 Å². The van der Waals surface area contributed by atoms with Gasteiger partial charge < -0.3 is 5.11 Å². The van der Waals surface area contributed by atoms with Gasteiger partial charge in [-0.15, -0.1) is 0 Å². The third-order valence-electron chi connectivity index (χ3n) is 2.20. The number of nitrogens with one attached hydrogen (secondary N) is 1. The molecule has 0 bridgehead atoms. The van der Waals surface area contributed by atoms with Gasteiger partial charge in [0.05, 0.1) is 12.7 Å². The number of hydrogen-bond donors (Lipinski definition) is 2. The topological polar surface area (TPSA) is 90.2 Å². The van der Waals surface area contributed by atoms with E-state index in [1.807, 2.05) is 13.8 Å². The third kappa shape index (κ3) is 4.92. The van der Waals surface area contributed by atoms with E-state index in [4.69, 9.17) is 10.4 Å². The van der Waals surface area contributed by atoms with Gasteiger partial charge >= 0.3 is 0 Å². The maximum absolute atomic E-state index is 11.7. The Balaban J connectivity index is 4.62. The molecule has 0 aliphatic carbocycles. The zero-order valence-electron chi connectivity index (χ0n) is 9.97. The fourth-order valence-corrected chi connectivity index (χ4v) is 2.80. The molecule has 0 aromatic heterocycles. The fraction of sp³-hybridized carbons (Fsp3) is 0.900. The van der Waals surface area contributed by atoms with Gasteiger partial charge in [0, 0.05) is 6.04 Å². The van der Waals surface area contributed by atoms with E-state index in [0.717, 1.165) is 0 Å². The normalized spacial score (nSPS) is 15.8. The Morgan fingerprint density at radius 1 is 1.44 bits per heavy atom. The van der Waals surface area contributed by atoms with Gasteiger partial charge in [0.1, 0.15) is 0 Å². The van der Waals surface area contributed by atoms with Crippen LogP contribution in [0.5, 0.6) is 0 Å². The van der Waals surface area contributed by atoms with Crippen LogP contribution in [0.15, 0.2) is 0 Å². The second-order valence-corrected chi connectivity index (χ2v) is 6.09. The molecule has 2 atom stereocenters. The molecule has 0 aliphatic rings. The lowest BCUT2D eigenvalue weighted by Crippen LogP contribution is -2.42. The molecule has 0 rings (SSSR count). The lowest BCUT2D eigenvalue weighted by atomic mass is 10.1. The van der Waals surface area contributed by atoms with E-state index in [-0.39, 0.29) is 18.9 Å². The van der Waals surface area contributed by atoms with Gasteiger partial charge in [-0.1, -0.05) is 20.8 Å². The van der Waals surface area contributed by atoms with Crippen molar-refractivity contribution in [2.45, 2.75) is 44.9 Å². The van der Waals surface area contributed by atoms with E-state index >= 15 is 0 Å². The maximum Gasteiger partial charge on any atom is 0.228 e. The molecule has 94 valence electrons.